The van der Waals surface area contributed by atoms with Gasteiger partial charge in [0, 0.05) is 19.4 Å². The molecule has 40 heavy (non-hydrogen) atoms. The van der Waals surface area contributed by atoms with Crippen LogP contribution < -0.4 is 21.3 Å². The van der Waals surface area contributed by atoms with E-state index in [1.54, 1.807) is 0 Å². The third-order valence-corrected chi connectivity index (χ3v) is 5.89. The van der Waals surface area contributed by atoms with Gasteiger partial charge >= 0.3 is 0 Å². The Morgan fingerprint density at radius 1 is 0.575 bits per heavy atom. The standard InChI is InChI=1S/C26H50N4O4.3C2H6/c1-5-7-9-17-24(32)28-20-14-12-16-23(29-25(33)18-10-8-6-2)26(34)30-22(21(3)31)15-11-13-19-27-4;3*1-2/h22-23,27H,5-20H2,1-4H3,(H,28,32)(H,29,33)(H,30,34);3*1-2H3. The van der Waals surface area contributed by atoms with E-state index >= 15 is 0 Å². The van der Waals surface area contributed by atoms with Crippen molar-refractivity contribution in [3.63, 3.8) is 0 Å². The fourth-order valence-electron chi connectivity index (χ4n) is 3.70. The Bertz CT molecular complexity index is 585. The van der Waals surface area contributed by atoms with Crippen LogP contribution in [0.25, 0.3) is 0 Å². The van der Waals surface area contributed by atoms with Gasteiger partial charge in [0.1, 0.15) is 6.04 Å². The summed E-state index contributed by atoms with van der Waals surface area (Å²) in [6.45, 7) is 19.1. The molecule has 0 aromatic carbocycles. The maximum Gasteiger partial charge on any atom is 0.243 e. The van der Waals surface area contributed by atoms with E-state index in [0.29, 0.717) is 38.6 Å². The van der Waals surface area contributed by atoms with Gasteiger partial charge in [-0.15, -0.1) is 0 Å². The second-order valence-corrected chi connectivity index (χ2v) is 9.15. The zero-order chi connectivity index (χ0) is 31.6. The molecular weight excluding hydrogens is 504 g/mol. The number of ketones is 1. The summed E-state index contributed by atoms with van der Waals surface area (Å²) in [5, 5.41) is 11.7. The molecule has 0 aromatic heterocycles. The SMILES string of the molecule is CC.CC.CC.CCCCCC(=O)NCCCCC(NC(=O)CCCCC)C(=O)NC(CCCCNC)C(C)=O. The van der Waals surface area contributed by atoms with E-state index in [4.69, 9.17) is 0 Å². The minimum Gasteiger partial charge on any atom is -0.356 e. The Balaban J connectivity index is -0.00000100. The van der Waals surface area contributed by atoms with Gasteiger partial charge in [0.25, 0.3) is 0 Å². The second kappa shape index (κ2) is 37.0. The molecule has 0 aliphatic carbocycles. The maximum absolute atomic E-state index is 13.0. The Hall–Kier alpha value is -1.96. The van der Waals surface area contributed by atoms with Crippen molar-refractivity contribution in [3.8, 4) is 0 Å². The van der Waals surface area contributed by atoms with Gasteiger partial charge in [-0.05, 0) is 71.9 Å². The molecule has 0 rings (SSSR count). The predicted octanol–water partition coefficient (Wildman–Crippen LogP) is 6.46. The van der Waals surface area contributed by atoms with Gasteiger partial charge in [-0.2, -0.15) is 0 Å². The van der Waals surface area contributed by atoms with E-state index < -0.39 is 12.1 Å². The first-order valence-electron chi connectivity index (χ1n) is 16.4. The first-order chi connectivity index (χ1) is 19.3. The van der Waals surface area contributed by atoms with Crippen molar-refractivity contribution in [2.75, 3.05) is 20.1 Å². The summed E-state index contributed by atoms with van der Waals surface area (Å²) in [5.41, 5.74) is 0. The molecule has 0 saturated heterocycles. The number of nitrogens with one attached hydrogen (secondary N) is 4. The molecule has 0 aromatic rings. The molecule has 0 fully saturated rings. The lowest BCUT2D eigenvalue weighted by atomic mass is 10.0. The topological polar surface area (TPSA) is 116 Å². The molecular formula is C32H68N4O4. The number of hydrogen-bond acceptors (Lipinski definition) is 5. The van der Waals surface area contributed by atoms with Gasteiger partial charge in [0.2, 0.25) is 17.7 Å². The van der Waals surface area contributed by atoms with Crippen LogP contribution in [-0.4, -0.2) is 55.7 Å². The fraction of sp³-hybridized carbons (Fsp3) is 0.875. The normalized spacial score (nSPS) is 11.2. The quantitative estimate of drug-likeness (QED) is 0.111. The summed E-state index contributed by atoms with van der Waals surface area (Å²) in [4.78, 5) is 49.2. The molecule has 0 aliphatic rings. The smallest absolute Gasteiger partial charge is 0.243 e. The number of Topliss-reactive ketones (excluding diaryl/α,β-unsaturated/α-hetero) is 1. The number of carbonyl (C=O) groups is 4. The van der Waals surface area contributed by atoms with Crippen molar-refractivity contribution in [2.45, 2.75) is 164 Å². The summed E-state index contributed by atoms with van der Waals surface area (Å²) in [6, 6.07) is -1.21. The van der Waals surface area contributed by atoms with Crippen molar-refractivity contribution < 1.29 is 19.2 Å². The highest BCUT2D eigenvalue weighted by Crippen LogP contribution is 2.07. The van der Waals surface area contributed by atoms with Gasteiger partial charge in [-0.3, -0.25) is 19.2 Å². The Labute approximate surface area is 248 Å². The zero-order valence-corrected chi connectivity index (χ0v) is 28.1. The van der Waals surface area contributed by atoms with Crippen LogP contribution in [0.15, 0.2) is 0 Å². The maximum atomic E-state index is 13.0. The third-order valence-electron chi connectivity index (χ3n) is 5.89. The summed E-state index contributed by atoms with van der Waals surface area (Å²) in [6.07, 6.45) is 11.0. The van der Waals surface area contributed by atoms with Crippen molar-refractivity contribution in [1.29, 1.82) is 0 Å². The first kappa shape index (κ1) is 45.0. The van der Waals surface area contributed by atoms with Crippen LogP contribution in [-0.2, 0) is 19.2 Å². The minimum absolute atomic E-state index is 0.0644. The largest absolute Gasteiger partial charge is 0.356 e. The molecule has 0 saturated carbocycles. The summed E-state index contributed by atoms with van der Waals surface area (Å²) >= 11 is 0. The Morgan fingerprint density at radius 2 is 1.05 bits per heavy atom. The van der Waals surface area contributed by atoms with Crippen molar-refractivity contribution >= 4 is 23.5 Å². The van der Waals surface area contributed by atoms with Crippen LogP contribution in [0.4, 0.5) is 0 Å². The molecule has 0 bridgehead atoms. The minimum atomic E-state index is -0.673. The molecule has 4 N–H and O–H groups in total. The highest BCUT2D eigenvalue weighted by Gasteiger charge is 2.24. The van der Waals surface area contributed by atoms with Crippen LogP contribution in [0.5, 0.6) is 0 Å². The molecule has 240 valence electrons. The van der Waals surface area contributed by atoms with E-state index in [1.807, 2.05) is 48.6 Å². The molecule has 2 atom stereocenters. The van der Waals surface area contributed by atoms with Gasteiger partial charge in [-0.1, -0.05) is 81.1 Å². The van der Waals surface area contributed by atoms with Crippen molar-refractivity contribution in [3.05, 3.63) is 0 Å². The van der Waals surface area contributed by atoms with Crippen LogP contribution >= 0.6 is 0 Å². The van der Waals surface area contributed by atoms with E-state index in [-0.39, 0.29) is 23.5 Å². The summed E-state index contributed by atoms with van der Waals surface area (Å²) < 4.78 is 0. The zero-order valence-electron chi connectivity index (χ0n) is 28.1. The number of amides is 3. The molecule has 8 nitrogen and oxygen atoms in total. The second-order valence-electron chi connectivity index (χ2n) is 9.15. The first-order valence-corrected chi connectivity index (χ1v) is 16.4. The molecule has 0 heterocycles. The van der Waals surface area contributed by atoms with Crippen molar-refractivity contribution in [1.82, 2.24) is 21.3 Å². The molecule has 8 heteroatoms. The molecule has 0 radical (unpaired) electrons. The lowest BCUT2D eigenvalue weighted by molar-refractivity contribution is -0.131. The van der Waals surface area contributed by atoms with E-state index in [0.717, 1.165) is 64.3 Å². The molecule has 2 unspecified atom stereocenters. The van der Waals surface area contributed by atoms with Gasteiger partial charge in [0.05, 0.1) is 6.04 Å². The third kappa shape index (κ3) is 30.6. The highest BCUT2D eigenvalue weighted by atomic mass is 16.2. The number of hydrogen-bond donors (Lipinski definition) is 4. The molecule has 0 aliphatic heterocycles. The Morgan fingerprint density at radius 3 is 1.52 bits per heavy atom. The van der Waals surface area contributed by atoms with Crippen LogP contribution in [0.2, 0.25) is 0 Å². The number of carbonyl (C=O) groups excluding carboxylic acids is 4. The lowest BCUT2D eigenvalue weighted by Gasteiger charge is -2.22. The van der Waals surface area contributed by atoms with Crippen LogP contribution in [0.3, 0.4) is 0 Å². The van der Waals surface area contributed by atoms with E-state index in [1.165, 1.54) is 6.92 Å². The van der Waals surface area contributed by atoms with Gasteiger partial charge < -0.3 is 21.3 Å². The number of rotatable bonds is 22. The number of unbranched alkanes of at least 4 members (excludes halogenated alkanes) is 6. The van der Waals surface area contributed by atoms with Crippen LogP contribution in [0.1, 0.15) is 152 Å². The van der Waals surface area contributed by atoms with E-state index in [2.05, 4.69) is 35.1 Å². The molecule has 3 amide bonds. The monoisotopic (exact) mass is 573 g/mol. The van der Waals surface area contributed by atoms with E-state index in [9.17, 15) is 19.2 Å². The average Bonchev–Trinajstić information content (AvgIpc) is 2.97. The van der Waals surface area contributed by atoms with Crippen LogP contribution in [0, 0.1) is 0 Å². The van der Waals surface area contributed by atoms with Gasteiger partial charge in [-0.25, -0.2) is 0 Å². The average molecular weight is 573 g/mol. The summed E-state index contributed by atoms with van der Waals surface area (Å²) in [7, 11) is 1.88. The molecule has 0 spiro atoms. The summed E-state index contributed by atoms with van der Waals surface area (Å²) in [5.74, 6) is -0.446. The lowest BCUT2D eigenvalue weighted by Crippen LogP contribution is -2.51. The Kier molecular flexibility index (Phi) is 41.7. The fourth-order valence-corrected chi connectivity index (χ4v) is 3.70. The predicted molar refractivity (Wildman–Crippen MR) is 172 cm³/mol. The van der Waals surface area contributed by atoms with Crippen molar-refractivity contribution in [2.24, 2.45) is 0 Å². The highest BCUT2D eigenvalue weighted by molar-refractivity contribution is 5.92. The van der Waals surface area contributed by atoms with Gasteiger partial charge in [0.15, 0.2) is 5.78 Å².